The Bertz CT molecular complexity index is 750. The van der Waals surface area contributed by atoms with Crippen LogP contribution in [0.2, 0.25) is 0 Å². The maximum Gasteiger partial charge on any atom is 0.342 e. The highest BCUT2D eigenvalue weighted by Crippen LogP contribution is 2.40. The highest BCUT2D eigenvalue weighted by Gasteiger charge is 2.26. The van der Waals surface area contributed by atoms with Crippen molar-refractivity contribution in [2.24, 2.45) is 0 Å². The summed E-state index contributed by atoms with van der Waals surface area (Å²) >= 11 is 0. The van der Waals surface area contributed by atoms with Crippen molar-refractivity contribution in [3.05, 3.63) is 28.8 Å². The molecule has 1 N–H and O–H groups in total. The zero-order chi connectivity index (χ0) is 29.2. The van der Waals surface area contributed by atoms with Crippen molar-refractivity contribution in [1.82, 2.24) is 0 Å². The summed E-state index contributed by atoms with van der Waals surface area (Å²) in [6, 6.07) is 4.05. The lowest BCUT2D eigenvalue weighted by molar-refractivity contribution is -0.272. The first-order chi connectivity index (χ1) is 18.5. The molecule has 0 amide bonds. The smallest absolute Gasteiger partial charge is 0.342 e. The molecule has 0 heterocycles. The molecule has 4 heteroatoms. The lowest BCUT2D eigenvalue weighted by Gasteiger charge is -2.28. The van der Waals surface area contributed by atoms with Gasteiger partial charge in [-0.15, -0.1) is 0 Å². The van der Waals surface area contributed by atoms with Crippen molar-refractivity contribution in [2.45, 2.75) is 175 Å². The molecule has 0 aliphatic heterocycles. The van der Waals surface area contributed by atoms with Gasteiger partial charge in [-0.3, -0.25) is 4.89 Å². The van der Waals surface area contributed by atoms with Gasteiger partial charge in [-0.05, 0) is 40.4 Å². The van der Waals surface area contributed by atoms with Crippen LogP contribution < -0.4 is 0 Å². The maximum atomic E-state index is 12.2. The van der Waals surface area contributed by atoms with Gasteiger partial charge in [0.15, 0.2) is 0 Å². The number of carbonyl (C=O) groups is 1. The normalized spacial score (nSPS) is 12.2. The number of aryl methyl sites for hydroxylation is 1. The molecule has 39 heavy (non-hydrogen) atoms. The van der Waals surface area contributed by atoms with Gasteiger partial charge < -0.3 is 5.11 Å². The molecule has 0 bridgehead atoms. The van der Waals surface area contributed by atoms with E-state index < -0.39 is 0 Å². The van der Waals surface area contributed by atoms with Crippen molar-refractivity contribution in [1.29, 1.82) is 0 Å². The Labute approximate surface area is 241 Å². The van der Waals surface area contributed by atoms with Gasteiger partial charge in [-0.1, -0.05) is 157 Å². The van der Waals surface area contributed by atoms with Crippen LogP contribution in [0.5, 0.6) is 5.75 Å². The molecule has 1 rings (SSSR count). The summed E-state index contributed by atoms with van der Waals surface area (Å²) in [6.45, 7) is 15.3. The van der Waals surface area contributed by atoms with Crippen LogP contribution in [0.25, 0.3) is 0 Å². The second kappa shape index (κ2) is 19.5. The largest absolute Gasteiger partial charge is 0.507 e. The summed E-state index contributed by atoms with van der Waals surface area (Å²) < 4.78 is 0. The van der Waals surface area contributed by atoms with E-state index in [0.29, 0.717) is 18.8 Å². The van der Waals surface area contributed by atoms with Crippen LogP contribution in [0, 0.1) is 0 Å². The van der Waals surface area contributed by atoms with Crippen LogP contribution in [0.15, 0.2) is 12.1 Å². The molecule has 0 aliphatic carbocycles. The topological polar surface area (TPSA) is 55.8 Å². The number of phenolic OH excluding ortho intramolecular Hbond substituents is 1. The van der Waals surface area contributed by atoms with Gasteiger partial charge in [0.25, 0.3) is 0 Å². The number of aromatic hydroxyl groups is 1. The molecular formula is C35H62O4. The minimum atomic E-state index is -0.339. The number of benzene rings is 1. The van der Waals surface area contributed by atoms with Gasteiger partial charge in [0.2, 0.25) is 0 Å². The third-order valence-electron chi connectivity index (χ3n) is 7.64. The summed E-state index contributed by atoms with van der Waals surface area (Å²) in [7, 11) is 0. The molecule has 0 radical (unpaired) electrons. The summed E-state index contributed by atoms with van der Waals surface area (Å²) in [5.41, 5.74) is 2.50. The quantitative estimate of drug-likeness (QED) is 0.0946. The molecule has 0 unspecified atom stereocenters. The monoisotopic (exact) mass is 546 g/mol. The zero-order valence-corrected chi connectivity index (χ0v) is 26.8. The second-order valence-electron chi connectivity index (χ2n) is 13.6. The van der Waals surface area contributed by atoms with E-state index in [4.69, 9.17) is 9.78 Å². The summed E-state index contributed by atoms with van der Waals surface area (Å²) in [5, 5.41) is 10.9. The Morgan fingerprint density at radius 2 is 1.05 bits per heavy atom. The first kappa shape index (κ1) is 35.5. The summed E-state index contributed by atoms with van der Waals surface area (Å²) in [4.78, 5) is 22.4. The van der Waals surface area contributed by atoms with Crippen molar-refractivity contribution in [3.63, 3.8) is 0 Å². The van der Waals surface area contributed by atoms with Gasteiger partial charge >= 0.3 is 5.97 Å². The third kappa shape index (κ3) is 16.3. The maximum absolute atomic E-state index is 12.2. The van der Waals surface area contributed by atoms with Gasteiger partial charge in [0.05, 0.1) is 13.0 Å². The lowest BCUT2D eigenvalue weighted by atomic mass is 9.78. The fraction of sp³-hybridized carbons (Fsp3) is 0.800. The van der Waals surface area contributed by atoms with Crippen LogP contribution in [-0.4, -0.2) is 17.7 Å². The van der Waals surface area contributed by atoms with Gasteiger partial charge in [0.1, 0.15) is 5.75 Å². The van der Waals surface area contributed by atoms with E-state index in [9.17, 15) is 9.90 Å². The third-order valence-corrected chi connectivity index (χ3v) is 7.64. The fourth-order valence-electron chi connectivity index (χ4n) is 5.09. The predicted molar refractivity (Wildman–Crippen MR) is 165 cm³/mol. The van der Waals surface area contributed by atoms with E-state index in [1.807, 2.05) is 12.1 Å². The van der Waals surface area contributed by atoms with E-state index in [-0.39, 0.29) is 23.2 Å². The molecule has 0 fully saturated rings. The van der Waals surface area contributed by atoms with Gasteiger partial charge in [-0.25, -0.2) is 4.79 Å². The molecule has 0 atom stereocenters. The molecule has 1 aromatic rings. The van der Waals surface area contributed by atoms with Crippen molar-refractivity contribution in [2.75, 3.05) is 6.61 Å². The minimum Gasteiger partial charge on any atom is -0.507 e. The number of unbranched alkanes of at least 4 members (excludes halogenated alkanes) is 15. The van der Waals surface area contributed by atoms with Crippen LogP contribution in [-0.2, 0) is 31.8 Å². The molecular weight excluding hydrogens is 484 g/mol. The number of rotatable bonds is 21. The Kier molecular flexibility index (Phi) is 17.8. The number of hydrogen-bond donors (Lipinski definition) is 1. The first-order valence-corrected chi connectivity index (χ1v) is 16.2. The average molecular weight is 547 g/mol. The molecule has 0 aromatic heterocycles. The number of hydrogen-bond acceptors (Lipinski definition) is 4. The van der Waals surface area contributed by atoms with E-state index in [1.54, 1.807) is 0 Å². The van der Waals surface area contributed by atoms with Crippen LogP contribution >= 0.6 is 0 Å². The Hall–Kier alpha value is -1.55. The molecule has 226 valence electrons. The molecule has 0 aliphatic rings. The van der Waals surface area contributed by atoms with Crippen LogP contribution in [0.1, 0.15) is 174 Å². The zero-order valence-electron chi connectivity index (χ0n) is 26.8. The standard InChI is InChI=1S/C35H62O4/c1-8-9-10-11-12-13-14-15-16-17-18-19-20-21-22-23-26-38-39-32(36)25-24-29-27-30(34(2,3)4)33(37)31(28-29)35(5,6)7/h27-28,37H,8-26H2,1-7H3. The SMILES string of the molecule is CCCCCCCCCCCCCCCCCCOOC(=O)CCc1cc(C(C)(C)C)c(O)c(C(C)(C)C)c1. The van der Waals surface area contributed by atoms with Crippen molar-refractivity contribution in [3.8, 4) is 5.75 Å². The predicted octanol–water partition coefficient (Wildman–Crippen LogP) is 10.7. The number of carbonyl (C=O) groups excluding carboxylic acids is 1. The lowest BCUT2D eigenvalue weighted by Crippen LogP contribution is -2.18. The fourth-order valence-corrected chi connectivity index (χ4v) is 5.09. The highest BCUT2D eigenvalue weighted by atomic mass is 17.2. The van der Waals surface area contributed by atoms with Crippen LogP contribution in [0.4, 0.5) is 0 Å². The summed E-state index contributed by atoms with van der Waals surface area (Å²) in [6.07, 6.45) is 22.1. The Morgan fingerprint density at radius 1 is 0.667 bits per heavy atom. The molecule has 4 nitrogen and oxygen atoms in total. The second-order valence-corrected chi connectivity index (χ2v) is 13.6. The average Bonchev–Trinajstić information content (AvgIpc) is 2.86. The Balaban J connectivity index is 2.10. The molecule has 1 aromatic carbocycles. The number of phenols is 1. The van der Waals surface area contributed by atoms with E-state index in [0.717, 1.165) is 29.5 Å². The molecule has 0 saturated heterocycles. The minimum absolute atomic E-state index is 0.184. The Morgan fingerprint density at radius 3 is 1.44 bits per heavy atom. The van der Waals surface area contributed by atoms with Crippen LogP contribution in [0.3, 0.4) is 0 Å². The van der Waals surface area contributed by atoms with Crippen molar-refractivity contribution >= 4 is 5.97 Å². The van der Waals surface area contributed by atoms with E-state index in [2.05, 4.69) is 48.5 Å². The van der Waals surface area contributed by atoms with E-state index >= 15 is 0 Å². The van der Waals surface area contributed by atoms with Gasteiger partial charge in [-0.2, -0.15) is 4.89 Å². The summed E-state index contributed by atoms with van der Waals surface area (Å²) in [5.74, 6) is 0.0256. The molecule has 0 saturated carbocycles. The molecule has 0 spiro atoms. The van der Waals surface area contributed by atoms with E-state index in [1.165, 1.54) is 89.9 Å². The van der Waals surface area contributed by atoms with Gasteiger partial charge in [0, 0.05) is 0 Å². The highest BCUT2D eigenvalue weighted by molar-refractivity contribution is 5.69. The first-order valence-electron chi connectivity index (χ1n) is 16.2. The van der Waals surface area contributed by atoms with Crippen molar-refractivity contribution < 1.29 is 19.7 Å².